The fraction of sp³-hybridized carbons (Fsp3) is 0.0909. The van der Waals surface area contributed by atoms with Crippen molar-refractivity contribution in [2.24, 2.45) is 0 Å². The number of non-ortho nitro benzene ring substituents is 1. The van der Waals surface area contributed by atoms with E-state index in [-0.39, 0.29) is 39.4 Å². The fourth-order valence-electron chi connectivity index (χ4n) is 3.17. The number of hydrazine groups is 1. The van der Waals surface area contributed by atoms with Crippen molar-refractivity contribution in [2.45, 2.75) is 5.37 Å². The minimum absolute atomic E-state index is 0.00343. The predicted molar refractivity (Wildman–Crippen MR) is 121 cm³/mol. The lowest BCUT2D eigenvalue weighted by atomic mass is 10.2. The van der Waals surface area contributed by atoms with Gasteiger partial charge in [0.2, 0.25) is 0 Å². The Morgan fingerprint density at radius 3 is 2.70 bits per heavy atom. The molecule has 0 bridgehead atoms. The number of hydrogen-bond acceptors (Lipinski definition) is 6. The topological polar surface area (TPSA) is 102 Å². The molecule has 1 atom stereocenters. The zero-order valence-electron chi connectivity index (χ0n) is 16.7. The summed E-state index contributed by atoms with van der Waals surface area (Å²) in [6, 6.07) is 15.7. The fourth-order valence-corrected chi connectivity index (χ4v) is 4.43. The first kappa shape index (κ1) is 22.6. The molecule has 1 aliphatic rings. The number of nitro groups is 1. The smallest absolute Gasteiger partial charge is 0.273 e. The summed E-state index contributed by atoms with van der Waals surface area (Å²) in [5.41, 5.74) is 2.92. The van der Waals surface area contributed by atoms with E-state index in [2.05, 4.69) is 5.43 Å². The highest BCUT2D eigenvalue weighted by Gasteiger charge is 2.35. The molecule has 1 N–H and O–H groups in total. The Kier molecular flexibility index (Phi) is 6.47. The van der Waals surface area contributed by atoms with Gasteiger partial charge in [-0.25, -0.2) is 9.40 Å². The van der Waals surface area contributed by atoms with Crippen LogP contribution in [-0.2, 0) is 4.79 Å². The third-order valence-electron chi connectivity index (χ3n) is 4.70. The number of nitro benzene ring substituents is 1. The molecular formula is C22H15ClFN3O5S. The first-order valence-corrected chi connectivity index (χ1v) is 11.0. The van der Waals surface area contributed by atoms with Crippen molar-refractivity contribution in [2.75, 3.05) is 5.75 Å². The number of amides is 2. The van der Waals surface area contributed by atoms with Gasteiger partial charge in [-0.15, -0.1) is 11.8 Å². The van der Waals surface area contributed by atoms with Gasteiger partial charge in [0.15, 0.2) is 11.6 Å². The Morgan fingerprint density at radius 2 is 1.94 bits per heavy atom. The van der Waals surface area contributed by atoms with E-state index in [1.165, 1.54) is 66.4 Å². The molecule has 1 heterocycles. The SMILES string of the molecule is O=C(NN1C(=O)CSC1c1cccc([N+](=O)[O-])c1)c1ccc(Cl)cc1Oc1ccccc1F. The van der Waals surface area contributed by atoms with Crippen LogP contribution in [0, 0.1) is 15.9 Å². The van der Waals surface area contributed by atoms with Crippen LogP contribution >= 0.6 is 23.4 Å². The number of para-hydroxylation sites is 1. The molecule has 3 aromatic rings. The van der Waals surface area contributed by atoms with Crippen LogP contribution in [0.15, 0.2) is 66.7 Å². The summed E-state index contributed by atoms with van der Waals surface area (Å²) >= 11 is 7.25. The highest BCUT2D eigenvalue weighted by Crippen LogP contribution is 2.39. The summed E-state index contributed by atoms with van der Waals surface area (Å²) in [5, 5.41) is 11.8. The number of ether oxygens (including phenoxy) is 1. The Bertz CT molecular complexity index is 1260. The van der Waals surface area contributed by atoms with Crippen LogP contribution in [0.1, 0.15) is 21.3 Å². The minimum atomic E-state index is -0.690. The normalized spacial score (nSPS) is 15.4. The van der Waals surface area contributed by atoms with E-state index in [0.29, 0.717) is 5.56 Å². The maximum atomic E-state index is 14.1. The zero-order valence-corrected chi connectivity index (χ0v) is 18.3. The van der Waals surface area contributed by atoms with Crippen molar-refractivity contribution < 1.29 is 23.6 Å². The first-order chi connectivity index (χ1) is 15.8. The number of benzene rings is 3. The van der Waals surface area contributed by atoms with E-state index in [9.17, 15) is 24.1 Å². The number of carbonyl (C=O) groups is 2. The van der Waals surface area contributed by atoms with Crippen molar-refractivity contribution >= 4 is 40.9 Å². The van der Waals surface area contributed by atoms with Gasteiger partial charge >= 0.3 is 0 Å². The largest absolute Gasteiger partial charge is 0.453 e. The summed E-state index contributed by atoms with van der Waals surface area (Å²) in [6.07, 6.45) is 0. The molecule has 0 aliphatic carbocycles. The monoisotopic (exact) mass is 487 g/mol. The summed E-state index contributed by atoms with van der Waals surface area (Å²) in [6.45, 7) is 0. The second-order valence-electron chi connectivity index (χ2n) is 6.89. The van der Waals surface area contributed by atoms with E-state index in [4.69, 9.17) is 16.3 Å². The van der Waals surface area contributed by atoms with Gasteiger partial charge in [-0.2, -0.15) is 0 Å². The van der Waals surface area contributed by atoms with Crippen molar-refractivity contribution in [3.63, 3.8) is 0 Å². The molecule has 1 saturated heterocycles. The lowest BCUT2D eigenvalue weighted by molar-refractivity contribution is -0.384. The van der Waals surface area contributed by atoms with Crippen LogP contribution in [0.5, 0.6) is 11.5 Å². The van der Waals surface area contributed by atoms with E-state index < -0.39 is 22.0 Å². The molecule has 0 spiro atoms. The van der Waals surface area contributed by atoms with Crippen LogP contribution in [0.4, 0.5) is 10.1 Å². The van der Waals surface area contributed by atoms with Crippen molar-refractivity contribution in [3.05, 3.63) is 98.8 Å². The lowest BCUT2D eigenvalue weighted by Gasteiger charge is -2.25. The number of hydrogen-bond donors (Lipinski definition) is 1. The van der Waals surface area contributed by atoms with Gasteiger partial charge in [-0.1, -0.05) is 35.9 Å². The molecule has 1 fully saturated rings. The second kappa shape index (κ2) is 9.47. The molecule has 33 heavy (non-hydrogen) atoms. The van der Waals surface area contributed by atoms with Crippen LogP contribution in [-0.4, -0.2) is 27.5 Å². The third-order valence-corrected chi connectivity index (χ3v) is 6.15. The van der Waals surface area contributed by atoms with E-state index in [1.807, 2.05) is 0 Å². The molecule has 0 aromatic heterocycles. The first-order valence-electron chi connectivity index (χ1n) is 9.54. The molecule has 3 aromatic carbocycles. The molecule has 168 valence electrons. The molecular weight excluding hydrogens is 473 g/mol. The molecule has 0 saturated carbocycles. The van der Waals surface area contributed by atoms with Crippen LogP contribution in [0.2, 0.25) is 5.02 Å². The van der Waals surface area contributed by atoms with Gasteiger partial charge in [0, 0.05) is 23.2 Å². The Hall–Kier alpha value is -3.63. The van der Waals surface area contributed by atoms with Crippen LogP contribution in [0.3, 0.4) is 0 Å². The molecule has 4 rings (SSSR count). The Morgan fingerprint density at radius 1 is 1.15 bits per heavy atom. The van der Waals surface area contributed by atoms with E-state index >= 15 is 0 Å². The predicted octanol–water partition coefficient (Wildman–Crippen LogP) is 5.10. The van der Waals surface area contributed by atoms with E-state index in [1.54, 1.807) is 12.1 Å². The van der Waals surface area contributed by atoms with Gasteiger partial charge in [-0.05, 0) is 29.8 Å². The highest BCUT2D eigenvalue weighted by atomic mass is 35.5. The molecule has 8 nitrogen and oxygen atoms in total. The summed E-state index contributed by atoms with van der Waals surface area (Å²) in [7, 11) is 0. The highest BCUT2D eigenvalue weighted by molar-refractivity contribution is 8.00. The maximum absolute atomic E-state index is 14.1. The van der Waals surface area contributed by atoms with Crippen molar-refractivity contribution in [1.82, 2.24) is 10.4 Å². The zero-order chi connectivity index (χ0) is 23.5. The number of nitrogens with zero attached hydrogens (tertiary/aromatic N) is 2. The average Bonchev–Trinajstić information content (AvgIpc) is 3.15. The van der Waals surface area contributed by atoms with Crippen molar-refractivity contribution in [3.8, 4) is 11.5 Å². The maximum Gasteiger partial charge on any atom is 0.273 e. The molecule has 0 radical (unpaired) electrons. The minimum Gasteiger partial charge on any atom is -0.453 e. The number of carbonyl (C=O) groups excluding carboxylic acids is 2. The summed E-state index contributed by atoms with van der Waals surface area (Å²) in [5.74, 6) is -1.72. The number of rotatable bonds is 6. The van der Waals surface area contributed by atoms with Crippen molar-refractivity contribution in [1.29, 1.82) is 0 Å². The lowest BCUT2D eigenvalue weighted by Crippen LogP contribution is -2.44. The molecule has 1 unspecified atom stereocenters. The number of halogens is 2. The quantitative estimate of drug-likeness (QED) is 0.383. The third kappa shape index (κ3) is 4.91. The number of nitrogens with one attached hydrogen (secondary N) is 1. The molecule has 1 aliphatic heterocycles. The van der Waals surface area contributed by atoms with Gasteiger partial charge < -0.3 is 4.74 Å². The Labute approximate surface area is 196 Å². The van der Waals surface area contributed by atoms with Crippen LogP contribution < -0.4 is 10.2 Å². The Balaban J connectivity index is 1.61. The summed E-state index contributed by atoms with van der Waals surface area (Å²) < 4.78 is 19.6. The molecule has 2 amide bonds. The number of thioether (sulfide) groups is 1. The van der Waals surface area contributed by atoms with Crippen LogP contribution in [0.25, 0.3) is 0 Å². The molecule has 11 heteroatoms. The summed E-state index contributed by atoms with van der Waals surface area (Å²) in [4.78, 5) is 36.1. The van der Waals surface area contributed by atoms with Gasteiger partial charge in [0.05, 0.1) is 16.2 Å². The van der Waals surface area contributed by atoms with Gasteiger partial charge in [0.25, 0.3) is 17.5 Å². The van der Waals surface area contributed by atoms with Gasteiger partial charge in [0.1, 0.15) is 11.1 Å². The second-order valence-corrected chi connectivity index (χ2v) is 8.40. The van der Waals surface area contributed by atoms with E-state index in [0.717, 1.165) is 5.01 Å². The van der Waals surface area contributed by atoms with Gasteiger partial charge in [-0.3, -0.25) is 25.1 Å². The standard InChI is InChI=1S/C22H15ClFN3O5S/c23-14-8-9-16(19(11-14)32-18-7-2-1-6-17(18)24)21(29)25-26-20(28)12-33-22(26)13-4-3-5-15(10-13)27(30)31/h1-11,22H,12H2,(H,25,29). The average molecular weight is 488 g/mol.